The van der Waals surface area contributed by atoms with Crippen LogP contribution in [-0.4, -0.2) is 18.7 Å². The highest BCUT2D eigenvalue weighted by molar-refractivity contribution is 7.85. The predicted molar refractivity (Wildman–Crippen MR) is 54.0 cm³/mol. The molecule has 0 aliphatic carbocycles. The van der Waals surface area contributed by atoms with Crippen molar-refractivity contribution in [2.45, 2.75) is 39.5 Å². The van der Waals surface area contributed by atoms with Gasteiger partial charge in [-0.05, 0) is 24.7 Å². The molecule has 0 rings (SSSR count). The van der Waals surface area contributed by atoms with Gasteiger partial charge in [-0.1, -0.05) is 27.2 Å². The molecule has 0 saturated heterocycles. The summed E-state index contributed by atoms with van der Waals surface area (Å²) in [5, 5.41) is 0. The highest BCUT2D eigenvalue weighted by Crippen LogP contribution is 2.31. The van der Waals surface area contributed by atoms with Gasteiger partial charge in [0, 0.05) is 0 Å². The van der Waals surface area contributed by atoms with E-state index in [-0.39, 0.29) is 11.2 Å². The Kier molecular flexibility index (Phi) is 4.92. The Hall–Kier alpha value is -0.0900. The Balaban J connectivity index is 4.13. The van der Waals surface area contributed by atoms with E-state index < -0.39 is 10.1 Å². The van der Waals surface area contributed by atoms with Gasteiger partial charge in [0.15, 0.2) is 0 Å². The summed E-state index contributed by atoms with van der Waals surface area (Å²) in [5.74, 6) is -0.154. The third kappa shape index (κ3) is 6.05. The summed E-state index contributed by atoms with van der Waals surface area (Å²) in [6.07, 6.45) is 3.16. The molecule has 0 aliphatic heterocycles. The number of rotatable bonds is 6. The topological polar surface area (TPSA) is 54.4 Å². The van der Waals surface area contributed by atoms with Gasteiger partial charge in [-0.3, -0.25) is 4.55 Å². The minimum atomic E-state index is -3.81. The first-order chi connectivity index (χ1) is 5.83. The monoisotopic (exact) mass is 207 g/mol. The number of hydrogen-bond acceptors (Lipinski definition) is 2. The van der Waals surface area contributed by atoms with Crippen molar-refractivity contribution < 1.29 is 13.0 Å². The zero-order valence-corrected chi connectivity index (χ0v) is 9.23. The van der Waals surface area contributed by atoms with E-state index in [9.17, 15) is 8.42 Å². The van der Waals surface area contributed by atoms with Gasteiger partial charge in [-0.25, -0.2) is 0 Å². The summed E-state index contributed by atoms with van der Waals surface area (Å²) in [4.78, 5) is 0. The molecule has 0 aromatic heterocycles. The van der Waals surface area contributed by atoms with E-state index >= 15 is 0 Å². The summed E-state index contributed by atoms with van der Waals surface area (Å²) in [6, 6.07) is 0. The van der Waals surface area contributed by atoms with Crippen molar-refractivity contribution in [1.29, 1.82) is 0 Å². The van der Waals surface area contributed by atoms with Crippen LogP contribution in [0.4, 0.5) is 0 Å². The van der Waals surface area contributed by atoms with Crippen LogP contribution in [0.5, 0.6) is 0 Å². The van der Waals surface area contributed by atoms with Crippen LogP contribution in [0.3, 0.4) is 0 Å². The average Bonchev–Trinajstić information content (AvgIpc) is 2.01. The van der Waals surface area contributed by atoms with Crippen LogP contribution >= 0.6 is 0 Å². The van der Waals surface area contributed by atoms with Crippen LogP contribution in [0.2, 0.25) is 0 Å². The van der Waals surface area contributed by atoms with Crippen molar-refractivity contribution in [3.8, 4) is 0 Å². The minimum absolute atomic E-state index is 0.0510. The van der Waals surface area contributed by atoms with E-state index in [1.54, 1.807) is 0 Å². The van der Waals surface area contributed by atoms with Crippen LogP contribution in [0.25, 0.3) is 0 Å². The van der Waals surface area contributed by atoms with E-state index in [4.69, 9.17) is 4.55 Å². The fourth-order valence-electron chi connectivity index (χ4n) is 1.35. The van der Waals surface area contributed by atoms with Crippen molar-refractivity contribution in [3.05, 3.63) is 6.92 Å². The van der Waals surface area contributed by atoms with Gasteiger partial charge in [-0.2, -0.15) is 8.42 Å². The molecule has 1 unspecified atom stereocenters. The highest BCUT2D eigenvalue weighted by atomic mass is 32.2. The molecule has 13 heavy (non-hydrogen) atoms. The zero-order chi connectivity index (χ0) is 10.5. The van der Waals surface area contributed by atoms with E-state index in [0.717, 1.165) is 12.8 Å². The van der Waals surface area contributed by atoms with E-state index in [2.05, 4.69) is 13.8 Å². The Morgan fingerprint density at radius 2 is 1.92 bits per heavy atom. The van der Waals surface area contributed by atoms with Crippen molar-refractivity contribution in [1.82, 2.24) is 0 Å². The molecule has 0 saturated carbocycles. The average molecular weight is 207 g/mol. The Labute approximate surface area is 81.3 Å². The summed E-state index contributed by atoms with van der Waals surface area (Å²) in [7, 11) is -3.81. The molecule has 0 aromatic carbocycles. The molecule has 1 N–H and O–H groups in total. The summed E-state index contributed by atoms with van der Waals surface area (Å²) < 4.78 is 29.7. The van der Waals surface area contributed by atoms with Crippen molar-refractivity contribution in [2.75, 3.05) is 5.75 Å². The fraction of sp³-hybridized carbons (Fsp3) is 0.889. The second-order valence-electron chi connectivity index (χ2n) is 3.85. The van der Waals surface area contributed by atoms with Gasteiger partial charge in [0.1, 0.15) is 0 Å². The lowest BCUT2D eigenvalue weighted by Gasteiger charge is -2.26. The summed E-state index contributed by atoms with van der Waals surface area (Å²) in [5.41, 5.74) is -0.0510. The van der Waals surface area contributed by atoms with Crippen molar-refractivity contribution in [2.24, 2.45) is 5.41 Å². The van der Waals surface area contributed by atoms with Gasteiger partial charge < -0.3 is 0 Å². The Bertz CT molecular complexity index is 233. The van der Waals surface area contributed by atoms with Gasteiger partial charge in [0.05, 0.1) is 5.75 Å². The Morgan fingerprint density at radius 3 is 2.23 bits per heavy atom. The molecule has 0 fully saturated rings. The SMILES string of the molecule is [CH2]CC(C)(CCC)CCS(=O)(=O)O. The normalized spacial score (nSPS) is 16.9. The zero-order valence-electron chi connectivity index (χ0n) is 8.41. The minimum Gasteiger partial charge on any atom is -0.286 e. The van der Waals surface area contributed by atoms with Crippen LogP contribution in [-0.2, 0) is 10.1 Å². The number of hydrogen-bond donors (Lipinski definition) is 1. The highest BCUT2D eigenvalue weighted by Gasteiger charge is 2.23. The maximum Gasteiger partial charge on any atom is 0.264 e. The molecular weight excluding hydrogens is 188 g/mol. The van der Waals surface area contributed by atoms with E-state index in [0.29, 0.717) is 12.8 Å². The first-order valence-corrected chi connectivity index (χ1v) is 6.18. The largest absolute Gasteiger partial charge is 0.286 e. The molecule has 0 amide bonds. The molecule has 0 aliphatic rings. The molecule has 0 spiro atoms. The first-order valence-electron chi connectivity index (χ1n) is 4.57. The molecule has 79 valence electrons. The van der Waals surface area contributed by atoms with Gasteiger partial charge >= 0.3 is 0 Å². The van der Waals surface area contributed by atoms with Crippen LogP contribution in [0.1, 0.15) is 39.5 Å². The van der Waals surface area contributed by atoms with Gasteiger partial charge in [0.2, 0.25) is 0 Å². The second-order valence-corrected chi connectivity index (χ2v) is 5.42. The molecule has 1 radical (unpaired) electrons. The lowest BCUT2D eigenvalue weighted by atomic mass is 9.81. The molecule has 1 atom stereocenters. The van der Waals surface area contributed by atoms with Crippen LogP contribution in [0, 0.1) is 12.3 Å². The van der Waals surface area contributed by atoms with Crippen molar-refractivity contribution >= 4 is 10.1 Å². The van der Waals surface area contributed by atoms with E-state index in [1.807, 2.05) is 6.92 Å². The van der Waals surface area contributed by atoms with E-state index in [1.165, 1.54) is 0 Å². The van der Waals surface area contributed by atoms with Crippen LogP contribution in [0.15, 0.2) is 0 Å². The predicted octanol–water partition coefficient (Wildman–Crippen LogP) is 2.29. The molecule has 3 nitrogen and oxygen atoms in total. The maximum atomic E-state index is 10.5. The lowest BCUT2D eigenvalue weighted by molar-refractivity contribution is 0.282. The van der Waals surface area contributed by atoms with Crippen molar-refractivity contribution in [3.63, 3.8) is 0 Å². The fourth-order valence-corrected chi connectivity index (χ4v) is 2.10. The molecule has 0 bridgehead atoms. The lowest BCUT2D eigenvalue weighted by Crippen LogP contribution is -2.20. The van der Waals surface area contributed by atoms with Gasteiger partial charge in [-0.15, -0.1) is 0 Å². The summed E-state index contributed by atoms with van der Waals surface area (Å²) >= 11 is 0. The quantitative estimate of drug-likeness (QED) is 0.680. The Morgan fingerprint density at radius 1 is 1.38 bits per heavy atom. The second kappa shape index (κ2) is 4.96. The standard InChI is InChI=1S/C9H19O3S/c1-4-6-9(3,5-2)7-8-13(10,11)12/h2,4-8H2,1,3H3,(H,10,11,12). The van der Waals surface area contributed by atoms with Crippen LogP contribution < -0.4 is 0 Å². The molecule has 0 heterocycles. The molecular formula is C9H19O3S. The smallest absolute Gasteiger partial charge is 0.264 e. The molecule has 4 heteroatoms. The maximum absolute atomic E-state index is 10.5. The van der Waals surface area contributed by atoms with Gasteiger partial charge in [0.25, 0.3) is 10.1 Å². The summed E-state index contributed by atoms with van der Waals surface area (Å²) in [6.45, 7) is 7.87. The third-order valence-corrected chi connectivity index (χ3v) is 3.14. The molecule has 0 aromatic rings. The third-order valence-electron chi connectivity index (χ3n) is 2.42. The first kappa shape index (κ1) is 12.9.